The molecule has 1 aromatic heterocycles. The van der Waals surface area contributed by atoms with Crippen LogP contribution in [0.5, 0.6) is 5.88 Å². The van der Waals surface area contributed by atoms with Crippen molar-refractivity contribution in [1.29, 1.82) is 0 Å². The van der Waals surface area contributed by atoms with Gasteiger partial charge in [0.25, 0.3) is 0 Å². The molecule has 1 aliphatic heterocycles. The fourth-order valence-corrected chi connectivity index (χ4v) is 1.91. The quantitative estimate of drug-likeness (QED) is 0.887. The van der Waals surface area contributed by atoms with Crippen LogP contribution in [0.3, 0.4) is 0 Å². The van der Waals surface area contributed by atoms with E-state index < -0.39 is 0 Å². The molecule has 1 saturated heterocycles. The van der Waals surface area contributed by atoms with Crippen LogP contribution in [-0.4, -0.2) is 30.3 Å². The molecule has 0 aromatic carbocycles. The molecule has 0 radical (unpaired) electrons. The Morgan fingerprint density at radius 2 is 2.26 bits per heavy atom. The Balaban J connectivity index is 1.84. The molecule has 4 nitrogen and oxygen atoms in total. The standard InChI is InChI=1S/C15H24N2O2/c1-15(2,3)16-9-13-5-4-6-14(17-13)19-11-12-7-8-18-10-12/h4-6,12,16H,7-11H2,1-3H3. The molecule has 0 amide bonds. The van der Waals surface area contributed by atoms with Gasteiger partial charge in [0.2, 0.25) is 5.88 Å². The van der Waals surface area contributed by atoms with Gasteiger partial charge in [0.05, 0.1) is 18.9 Å². The van der Waals surface area contributed by atoms with E-state index in [4.69, 9.17) is 9.47 Å². The number of pyridine rings is 1. The Bertz CT molecular complexity index is 395. The van der Waals surface area contributed by atoms with Crippen LogP contribution in [0.2, 0.25) is 0 Å². The molecular formula is C15H24N2O2. The maximum atomic E-state index is 5.74. The monoisotopic (exact) mass is 264 g/mol. The van der Waals surface area contributed by atoms with Crippen LogP contribution in [0.25, 0.3) is 0 Å². The van der Waals surface area contributed by atoms with Crippen LogP contribution in [0.15, 0.2) is 18.2 Å². The lowest BCUT2D eigenvalue weighted by molar-refractivity contribution is 0.165. The molecule has 4 heteroatoms. The highest BCUT2D eigenvalue weighted by Crippen LogP contribution is 2.15. The van der Waals surface area contributed by atoms with Crippen molar-refractivity contribution in [2.24, 2.45) is 5.92 Å². The first kappa shape index (κ1) is 14.3. The maximum absolute atomic E-state index is 5.74. The predicted octanol–water partition coefficient (Wildman–Crippen LogP) is 2.39. The number of nitrogens with one attached hydrogen (secondary N) is 1. The zero-order valence-corrected chi connectivity index (χ0v) is 12.1. The summed E-state index contributed by atoms with van der Waals surface area (Å²) in [5, 5.41) is 3.42. The maximum Gasteiger partial charge on any atom is 0.213 e. The third kappa shape index (κ3) is 5.17. The summed E-state index contributed by atoms with van der Waals surface area (Å²) >= 11 is 0. The molecule has 1 fully saturated rings. The first-order valence-corrected chi connectivity index (χ1v) is 6.94. The van der Waals surface area contributed by atoms with Gasteiger partial charge in [-0.25, -0.2) is 4.98 Å². The highest BCUT2D eigenvalue weighted by molar-refractivity contribution is 5.16. The average Bonchev–Trinajstić information content (AvgIpc) is 2.87. The van der Waals surface area contributed by atoms with Crippen molar-refractivity contribution in [2.45, 2.75) is 39.3 Å². The van der Waals surface area contributed by atoms with Gasteiger partial charge in [-0.05, 0) is 33.3 Å². The minimum absolute atomic E-state index is 0.0970. The minimum Gasteiger partial charge on any atom is -0.477 e. The first-order valence-electron chi connectivity index (χ1n) is 6.94. The highest BCUT2D eigenvalue weighted by Gasteiger charge is 2.16. The van der Waals surface area contributed by atoms with E-state index in [2.05, 4.69) is 31.1 Å². The lowest BCUT2D eigenvalue weighted by Crippen LogP contribution is -2.35. The summed E-state index contributed by atoms with van der Waals surface area (Å²) in [6, 6.07) is 5.92. The topological polar surface area (TPSA) is 43.4 Å². The number of ether oxygens (including phenoxy) is 2. The summed E-state index contributed by atoms with van der Waals surface area (Å²) in [5.74, 6) is 1.22. The summed E-state index contributed by atoms with van der Waals surface area (Å²) < 4.78 is 11.1. The van der Waals surface area contributed by atoms with Crippen LogP contribution >= 0.6 is 0 Å². The zero-order chi connectivity index (χ0) is 13.7. The molecule has 1 unspecified atom stereocenters. The fraction of sp³-hybridized carbons (Fsp3) is 0.667. The summed E-state index contributed by atoms with van der Waals surface area (Å²) in [7, 11) is 0. The van der Waals surface area contributed by atoms with Crippen LogP contribution in [-0.2, 0) is 11.3 Å². The lowest BCUT2D eigenvalue weighted by atomic mass is 10.1. The van der Waals surface area contributed by atoms with Crippen molar-refractivity contribution in [3.63, 3.8) is 0 Å². The fourth-order valence-electron chi connectivity index (χ4n) is 1.91. The van der Waals surface area contributed by atoms with Crippen molar-refractivity contribution in [3.05, 3.63) is 23.9 Å². The van der Waals surface area contributed by atoms with Crippen LogP contribution < -0.4 is 10.1 Å². The van der Waals surface area contributed by atoms with Crippen molar-refractivity contribution in [2.75, 3.05) is 19.8 Å². The van der Waals surface area contributed by atoms with Crippen LogP contribution in [0, 0.1) is 5.92 Å². The van der Waals surface area contributed by atoms with E-state index in [-0.39, 0.29) is 5.54 Å². The Morgan fingerprint density at radius 1 is 1.42 bits per heavy atom. The number of hydrogen-bond donors (Lipinski definition) is 1. The number of aromatic nitrogens is 1. The second-order valence-corrected chi connectivity index (χ2v) is 6.11. The molecule has 19 heavy (non-hydrogen) atoms. The molecule has 0 bridgehead atoms. The van der Waals surface area contributed by atoms with E-state index in [9.17, 15) is 0 Å². The predicted molar refractivity (Wildman–Crippen MR) is 75.3 cm³/mol. The molecule has 1 atom stereocenters. The van der Waals surface area contributed by atoms with Gasteiger partial charge < -0.3 is 14.8 Å². The smallest absolute Gasteiger partial charge is 0.213 e. The minimum atomic E-state index is 0.0970. The number of nitrogens with zero attached hydrogens (tertiary/aromatic N) is 1. The van der Waals surface area contributed by atoms with E-state index in [1.807, 2.05) is 18.2 Å². The Hall–Kier alpha value is -1.13. The van der Waals surface area contributed by atoms with Gasteiger partial charge >= 0.3 is 0 Å². The van der Waals surface area contributed by atoms with Gasteiger partial charge in [0, 0.05) is 30.7 Å². The van der Waals surface area contributed by atoms with Gasteiger partial charge in [0.1, 0.15) is 0 Å². The largest absolute Gasteiger partial charge is 0.477 e. The van der Waals surface area contributed by atoms with E-state index in [1.54, 1.807) is 0 Å². The van der Waals surface area contributed by atoms with Gasteiger partial charge in [-0.15, -0.1) is 0 Å². The Labute approximate surface area is 115 Å². The third-order valence-electron chi connectivity index (χ3n) is 3.07. The van der Waals surface area contributed by atoms with E-state index in [0.29, 0.717) is 18.4 Å². The summed E-state index contributed by atoms with van der Waals surface area (Å²) in [5.41, 5.74) is 1.11. The van der Waals surface area contributed by atoms with Crippen molar-refractivity contribution in [1.82, 2.24) is 10.3 Å². The molecule has 2 rings (SSSR count). The van der Waals surface area contributed by atoms with Crippen molar-refractivity contribution in [3.8, 4) is 5.88 Å². The second kappa shape index (κ2) is 6.35. The highest BCUT2D eigenvalue weighted by atomic mass is 16.5. The van der Waals surface area contributed by atoms with Crippen molar-refractivity contribution >= 4 is 0 Å². The molecule has 0 spiro atoms. The summed E-state index contributed by atoms with van der Waals surface area (Å²) in [6.45, 7) is 9.56. The molecule has 0 saturated carbocycles. The number of hydrogen-bond acceptors (Lipinski definition) is 4. The molecular weight excluding hydrogens is 240 g/mol. The first-order chi connectivity index (χ1) is 9.03. The Morgan fingerprint density at radius 3 is 2.95 bits per heavy atom. The molecule has 0 aliphatic carbocycles. The number of rotatable bonds is 5. The molecule has 1 N–H and O–H groups in total. The Kier molecular flexibility index (Phi) is 4.77. The normalized spacial score (nSPS) is 19.6. The molecule has 1 aliphatic rings. The van der Waals surface area contributed by atoms with E-state index in [0.717, 1.165) is 31.9 Å². The van der Waals surface area contributed by atoms with Gasteiger partial charge in [-0.2, -0.15) is 0 Å². The summed E-state index contributed by atoms with van der Waals surface area (Å²) in [4.78, 5) is 4.51. The molecule has 1 aromatic rings. The summed E-state index contributed by atoms with van der Waals surface area (Å²) in [6.07, 6.45) is 1.09. The molecule has 106 valence electrons. The van der Waals surface area contributed by atoms with E-state index in [1.165, 1.54) is 0 Å². The third-order valence-corrected chi connectivity index (χ3v) is 3.07. The van der Waals surface area contributed by atoms with Gasteiger partial charge in [0.15, 0.2) is 0 Å². The van der Waals surface area contributed by atoms with Gasteiger partial charge in [-0.1, -0.05) is 6.07 Å². The SMILES string of the molecule is CC(C)(C)NCc1cccc(OCC2CCOC2)n1. The van der Waals surface area contributed by atoms with Gasteiger partial charge in [-0.3, -0.25) is 0 Å². The zero-order valence-electron chi connectivity index (χ0n) is 12.1. The second-order valence-electron chi connectivity index (χ2n) is 6.11. The molecule has 2 heterocycles. The van der Waals surface area contributed by atoms with Crippen molar-refractivity contribution < 1.29 is 9.47 Å². The van der Waals surface area contributed by atoms with Crippen LogP contribution in [0.4, 0.5) is 0 Å². The lowest BCUT2D eigenvalue weighted by Gasteiger charge is -2.20. The van der Waals surface area contributed by atoms with Crippen LogP contribution in [0.1, 0.15) is 32.9 Å². The average molecular weight is 264 g/mol. The van der Waals surface area contributed by atoms with E-state index >= 15 is 0 Å².